The van der Waals surface area contributed by atoms with Crippen LogP contribution in [0.5, 0.6) is 0 Å². The number of hydrogen-bond donors (Lipinski definition) is 1. The number of aromatic nitrogens is 1. The first-order valence-corrected chi connectivity index (χ1v) is 9.15. The van der Waals surface area contributed by atoms with Crippen molar-refractivity contribution in [3.05, 3.63) is 45.2 Å². The van der Waals surface area contributed by atoms with Crippen LogP contribution in [-0.2, 0) is 12.8 Å². The molecule has 0 radical (unpaired) electrons. The van der Waals surface area contributed by atoms with Crippen molar-refractivity contribution in [3.8, 4) is 0 Å². The van der Waals surface area contributed by atoms with E-state index in [0.29, 0.717) is 10.9 Å². The molecule has 0 saturated heterocycles. The van der Waals surface area contributed by atoms with Gasteiger partial charge in [0.25, 0.3) is 5.91 Å². The fourth-order valence-corrected chi connectivity index (χ4v) is 4.61. The number of carbonyl (C=O) groups is 1. The van der Waals surface area contributed by atoms with Crippen molar-refractivity contribution in [3.63, 3.8) is 0 Å². The molecule has 4 rings (SSSR count). The predicted molar refractivity (Wildman–Crippen MR) is 97.1 cm³/mol. The molecule has 1 amide bonds. The Hall–Kier alpha value is -2.14. The highest BCUT2D eigenvalue weighted by atomic mass is 32.1. The van der Waals surface area contributed by atoms with E-state index in [1.165, 1.54) is 17.7 Å². The third-order valence-electron chi connectivity index (χ3n) is 4.64. The predicted octanol–water partition coefficient (Wildman–Crippen LogP) is 4.95. The summed E-state index contributed by atoms with van der Waals surface area (Å²) in [7, 11) is 0. The van der Waals surface area contributed by atoms with Crippen molar-refractivity contribution in [1.82, 2.24) is 4.98 Å². The molecule has 1 aliphatic rings. The van der Waals surface area contributed by atoms with Crippen molar-refractivity contribution in [1.29, 1.82) is 0 Å². The van der Waals surface area contributed by atoms with Crippen molar-refractivity contribution in [2.24, 2.45) is 0 Å². The Kier molecular flexibility index (Phi) is 3.68. The lowest BCUT2D eigenvalue weighted by atomic mass is 10.0. The normalized spacial score (nSPS) is 14.0. The number of anilines is 1. The summed E-state index contributed by atoms with van der Waals surface area (Å²) in [6, 6.07) is 4.09. The summed E-state index contributed by atoms with van der Waals surface area (Å²) in [5.74, 6) is 0.165. The van der Waals surface area contributed by atoms with Crippen molar-refractivity contribution < 1.29 is 9.21 Å². The second kappa shape index (κ2) is 5.74. The van der Waals surface area contributed by atoms with Crippen LogP contribution in [0.4, 0.5) is 5.13 Å². The summed E-state index contributed by atoms with van der Waals surface area (Å²) in [6.07, 6.45) is 4.49. The monoisotopic (exact) mass is 340 g/mol. The number of hydrogen-bond acceptors (Lipinski definition) is 4. The third kappa shape index (κ3) is 2.53. The highest BCUT2D eigenvalue weighted by Crippen LogP contribution is 2.32. The first-order valence-electron chi connectivity index (χ1n) is 8.33. The second-order valence-corrected chi connectivity index (χ2v) is 7.64. The minimum absolute atomic E-state index is 0.216. The Morgan fingerprint density at radius 2 is 2.00 bits per heavy atom. The molecule has 0 atom stereocenters. The fourth-order valence-electron chi connectivity index (χ4n) is 3.57. The molecule has 0 fully saturated rings. The summed E-state index contributed by atoms with van der Waals surface area (Å²) in [5.41, 5.74) is 5.08. The van der Waals surface area contributed by atoms with Gasteiger partial charge >= 0.3 is 0 Å². The second-order valence-electron chi connectivity index (χ2n) is 6.56. The molecule has 1 N–H and O–H groups in total. The largest absolute Gasteiger partial charge is 0.451 e. The molecule has 0 saturated carbocycles. The van der Waals surface area contributed by atoms with Gasteiger partial charge in [-0.1, -0.05) is 6.07 Å². The molecule has 3 aromatic rings. The molecule has 5 heteroatoms. The molecule has 0 unspecified atom stereocenters. The summed E-state index contributed by atoms with van der Waals surface area (Å²) in [6.45, 7) is 6.02. The summed E-state index contributed by atoms with van der Waals surface area (Å²) in [4.78, 5) is 18.6. The maximum atomic E-state index is 12.7. The maximum absolute atomic E-state index is 12.7. The number of aryl methyl sites for hydroxylation is 5. The Bertz CT molecular complexity index is 929. The molecule has 1 aromatic carbocycles. The van der Waals surface area contributed by atoms with Crippen LogP contribution in [0.15, 0.2) is 16.5 Å². The lowest BCUT2D eigenvalue weighted by Crippen LogP contribution is -2.12. The van der Waals surface area contributed by atoms with Crippen LogP contribution < -0.4 is 5.32 Å². The number of amides is 1. The highest BCUT2D eigenvalue weighted by molar-refractivity contribution is 7.15. The molecule has 4 nitrogen and oxygen atoms in total. The molecule has 24 heavy (non-hydrogen) atoms. The van der Waals surface area contributed by atoms with Crippen LogP contribution in [0.3, 0.4) is 0 Å². The van der Waals surface area contributed by atoms with Gasteiger partial charge in [-0.3, -0.25) is 10.1 Å². The molecule has 2 aromatic heterocycles. The zero-order valence-electron chi connectivity index (χ0n) is 14.2. The number of rotatable bonds is 2. The van der Waals surface area contributed by atoms with Gasteiger partial charge in [0.1, 0.15) is 5.58 Å². The van der Waals surface area contributed by atoms with Gasteiger partial charge in [-0.15, -0.1) is 11.3 Å². The van der Waals surface area contributed by atoms with E-state index in [4.69, 9.17) is 4.42 Å². The first kappa shape index (κ1) is 15.4. The first-order chi connectivity index (χ1) is 11.5. The van der Waals surface area contributed by atoms with Gasteiger partial charge in [0.05, 0.1) is 5.69 Å². The zero-order valence-corrected chi connectivity index (χ0v) is 15.0. The lowest BCUT2D eigenvalue weighted by molar-refractivity contribution is 0.0998. The minimum Gasteiger partial charge on any atom is -0.451 e. The summed E-state index contributed by atoms with van der Waals surface area (Å²) >= 11 is 1.59. The summed E-state index contributed by atoms with van der Waals surface area (Å²) in [5, 5.41) is 4.64. The molecular formula is C19H20N2O2S. The Balaban J connectivity index is 1.67. The molecule has 1 aliphatic carbocycles. The highest BCUT2D eigenvalue weighted by Gasteiger charge is 2.22. The molecular weight excluding hydrogens is 320 g/mol. The number of benzene rings is 1. The Labute approximate surface area is 144 Å². The zero-order chi connectivity index (χ0) is 16.8. The van der Waals surface area contributed by atoms with E-state index in [9.17, 15) is 4.79 Å². The van der Waals surface area contributed by atoms with E-state index in [0.717, 1.165) is 46.2 Å². The van der Waals surface area contributed by atoms with Gasteiger partial charge in [0, 0.05) is 15.8 Å². The molecule has 0 spiro atoms. The van der Waals surface area contributed by atoms with Crippen LogP contribution in [0.2, 0.25) is 0 Å². The van der Waals surface area contributed by atoms with Gasteiger partial charge in [-0.05, 0) is 63.6 Å². The average Bonchev–Trinajstić information content (AvgIpc) is 3.07. The fraction of sp³-hybridized carbons (Fsp3) is 0.368. The van der Waals surface area contributed by atoms with E-state index >= 15 is 0 Å². The van der Waals surface area contributed by atoms with Crippen LogP contribution in [-0.4, -0.2) is 10.9 Å². The molecule has 124 valence electrons. The van der Waals surface area contributed by atoms with Crippen LogP contribution in [0, 0.1) is 20.8 Å². The molecule has 2 heterocycles. The number of furan rings is 1. The average molecular weight is 340 g/mol. The summed E-state index contributed by atoms with van der Waals surface area (Å²) < 4.78 is 5.86. The van der Waals surface area contributed by atoms with E-state index in [2.05, 4.69) is 23.3 Å². The molecule has 0 aliphatic heterocycles. The van der Waals surface area contributed by atoms with Gasteiger partial charge in [0.2, 0.25) is 0 Å². The number of carbonyl (C=O) groups excluding carboxylic acids is 1. The quantitative estimate of drug-likeness (QED) is 0.718. The topological polar surface area (TPSA) is 55.1 Å². The SMILES string of the molecule is Cc1cc(C)c2c(C)c(C(=O)Nc3nc4c(s3)CCCC4)oc2c1. The number of fused-ring (bicyclic) bond motifs is 2. The smallest absolute Gasteiger partial charge is 0.293 e. The standard InChI is InChI=1S/C19H20N2O2S/c1-10-8-11(2)16-12(3)17(23-14(16)9-10)18(22)21-19-20-13-6-4-5-7-15(13)24-19/h8-9H,4-7H2,1-3H3,(H,20,21,22). The third-order valence-corrected chi connectivity index (χ3v) is 5.72. The van der Waals surface area contributed by atoms with Gasteiger partial charge in [0.15, 0.2) is 10.9 Å². The maximum Gasteiger partial charge on any atom is 0.293 e. The Morgan fingerprint density at radius 1 is 1.21 bits per heavy atom. The number of nitrogens with one attached hydrogen (secondary N) is 1. The minimum atomic E-state index is -0.216. The van der Waals surface area contributed by atoms with Gasteiger partial charge < -0.3 is 4.42 Å². The van der Waals surface area contributed by atoms with Gasteiger partial charge in [-0.25, -0.2) is 4.98 Å². The lowest BCUT2D eigenvalue weighted by Gasteiger charge is -2.06. The Morgan fingerprint density at radius 3 is 2.79 bits per heavy atom. The molecule has 0 bridgehead atoms. The van der Waals surface area contributed by atoms with E-state index in [-0.39, 0.29) is 5.91 Å². The number of nitrogens with zero attached hydrogens (tertiary/aromatic N) is 1. The van der Waals surface area contributed by atoms with Crippen molar-refractivity contribution in [2.45, 2.75) is 46.5 Å². The van der Waals surface area contributed by atoms with Crippen LogP contribution in [0.25, 0.3) is 11.0 Å². The van der Waals surface area contributed by atoms with E-state index in [1.807, 2.05) is 19.9 Å². The van der Waals surface area contributed by atoms with Gasteiger partial charge in [-0.2, -0.15) is 0 Å². The van der Waals surface area contributed by atoms with Crippen LogP contribution >= 0.6 is 11.3 Å². The number of thiazole rings is 1. The van der Waals surface area contributed by atoms with E-state index in [1.54, 1.807) is 11.3 Å². The van der Waals surface area contributed by atoms with Crippen molar-refractivity contribution in [2.75, 3.05) is 5.32 Å². The van der Waals surface area contributed by atoms with E-state index < -0.39 is 0 Å². The van der Waals surface area contributed by atoms with Crippen LogP contribution in [0.1, 0.15) is 50.7 Å². The van der Waals surface area contributed by atoms with Crippen molar-refractivity contribution >= 4 is 33.3 Å².